The van der Waals surface area contributed by atoms with E-state index < -0.39 is 192 Å². The van der Waals surface area contributed by atoms with Gasteiger partial charge in [0.05, 0.1) is 33.0 Å². The minimum Gasteiger partial charge on any atom is -0.394 e. The predicted octanol–water partition coefficient (Wildman–Crippen LogP) is -11.8. The van der Waals surface area contributed by atoms with Gasteiger partial charge in [-0.05, 0) is 0 Å². The van der Waals surface area contributed by atoms with Gasteiger partial charge < -0.3 is 130 Å². The van der Waals surface area contributed by atoms with Gasteiger partial charge in [-0.1, -0.05) is 0 Å². The van der Waals surface area contributed by atoms with Crippen LogP contribution < -0.4 is 5.32 Å². The zero-order chi connectivity index (χ0) is 43.6. The molecule has 27 nitrogen and oxygen atoms in total. The Hall–Kier alpha value is -1.53. The third-order valence-corrected chi connectivity index (χ3v) is 10.7. The molecule has 5 aliphatic rings. The van der Waals surface area contributed by atoms with Crippen molar-refractivity contribution < 1.29 is 129 Å². The van der Waals surface area contributed by atoms with E-state index in [4.69, 9.17) is 42.6 Å². The van der Waals surface area contributed by atoms with Crippen LogP contribution in [0.5, 0.6) is 0 Å². The zero-order valence-electron chi connectivity index (χ0n) is 31.2. The highest BCUT2D eigenvalue weighted by Crippen LogP contribution is 2.34. The second kappa shape index (κ2) is 20.8. The van der Waals surface area contributed by atoms with Gasteiger partial charge >= 0.3 is 0 Å². The van der Waals surface area contributed by atoms with Crippen molar-refractivity contribution in [2.75, 3.05) is 33.0 Å². The maximum Gasteiger partial charge on any atom is 0.217 e. The number of aliphatic hydroxyl groups is 16. The molecule has 0 aliphatic carbocycles. The summed E-state index contributed by atoms with van der Waals surface area (Å²) >= 11 is 0. The average molecular weight is 870 g/mol. The highest BCUT2D eigenvalue weighted by molar-refractivity contribution is 5.73. The smallest absolute Gasteiger partial charge is 0.217 e. The summed E-state index contributed by atoms with van der Waals surface area (Å²) in [5.74, 6) is -0.808. The van der Waals surface area contributed by atoms with E-state index >= 15 is 0 Å². The molecule has 25 atom stereocenters. The van der Waals surface area contributed by atoms with Crippen LogP contribution in [0.3, 0.4) is 0 Å². The fraction of sp³-hybridized carbons (Fsp3) is 0.969. The maximum atomic E-state index is 12.4. The normalized spacial score (nSPS) is 51.0. The topological polar surface area (TPSA) is 436 Å². The summed E-state index contributed by atoms with van der Waals surface area (Å²) in [6.45, 7) is -3.37. The number of nitrogens with one attached hydrogen (secondary N) is 1. The molecule has 1 amide bonds. The monoisotopic (exact) mass is 869 g/mol. The molecule has 5 heterocycles. The molecule has 0 unspecified atom stereocenters. The maximum absolute atomic E-state index is 12.4. The molecule has 5 aliphatic heterocycles. The fourth-order valence-electron chi connectivity index (χ4n) is 7.33. The number of carbonyl (C=O) groups excluding carboxylic acids is 1. The number of hydrogen-bond acceptors (Lipinski definition) is 26. The summed E-state index contributed by atoms with van der Waals surface area (Å²) < 4.78 is 50.2. The van der Waals surface area contributed by atoms with Crippen molar-refractivity contribution >= 4 is 5.91 Å². The number of hydrogen-bond donors (Lipinski definition) is 17. The van der Waals surface area contributed by atoms with Crippen LogP contribution in [0.15, 0.2) is 0 Å². The second-order valence-corrected chi connectivity index (χ2v) is 14.7. The summed E-state index contributed by atoms with van der Waals surface area (Å²) in [5, 5.41) is 169. The third kappa shape index (κ3) is 10.3. The molecule has 17 N–H and O–H groups in total. The van der Waals surface area contributed by atoms with Gasteiger partial charge in [0, 0.05) is 6.92 Å². The predicted molar refractivity (Wildman–Crippen MR) is 178 cm³/mol. The molecule has 0 aromatic carbocycles. The summed E-state index contributed by atoms with van der Waals surface area (Å²) in [7, 11) is 0. The van der Waals surface area contributed by atoms with Crippen molar-refractivity contribution in [3.8, 4) is 0 Å². The Morgan fingerprint density at radius 1 is 0.441 bits per heavy atom. The molecule has 344 valence electrons. The van der Waals surface area contributed by atoms with E-state index in [0.717, 1.165) is 6.92 Å². The SMILES string of the molecule is CC(=O)N[C@H]1[C@H](O[C@@H]2[C@@H](O)[C@H](O)O[C@H](CO)[C@@H]2O)O[C@H](CO[C@@H]2O[C@H](CO)[C@@H](O[C@@H]3O[C@H](CO)[C@H](O)[C@H](O)[C@H]3O)[C@H](O)[C@H]2O)[C@@H](O[C@@H]2O[C@H](CO)[C@H](O)[C@H](O)[C@H]2O)[C@@H]1O. The molecule has 27 heteroatoms. The third-order valence-electron chi connectivity index (χ3n) is 10.7. The minimum absolute atomic E-state index is 0.808. The van der Waals surface area contributed by atoms with Gasteiger partial charge in [0.25, 0.3) is 0 Å². The van der Waals surface area contributed by atoms with Gasteiger partial charge in [0.2, 0.25) is 5.91 Å². The van der Waals surface area contributed by atoms with E-state index in [1.165, 1.54) is 0 Å². The lowest BCUT2D eigenvalue weighted by molar-refractivity contribution is -0.377. The Kier molecular flexibility index (Phi) is 17.1. The van der Waals surface area contributed by atoms with Crippen LogP contribution >= 0.6 is 0 Å². The molecule has 5 fully saturated rings. The van der Waals surface area contributed by atoms with Crippen molar-refractivity contribution in [1.29, 1.82) is 0 Å². The fourth-order valence-corrected chi connectivity index (χ4v) is 7.33. The lowest BCUT2D eigenvalue weighted by atomic mass is 9.94. The first-order valence-corrected chi connectivity index (χ1v) is 18.6. The largest absolute Gasteiger partial charge is 0.394 e. The molecular formula is C32H55NO26. The summed E-state index contributed by atoms with van der Waals surface area (Å²) in [6, 6.07) is -1.71. The molecule has 5 saturated heterocycles. The van der Waals surface area contributed by atoms with Crippen molar-refractivity contribution in [2.45, 2.75) is 160 Å². The van der Waals surface area contributed by atoms with E-state index in [2.05, 4.69) is 5.32 Å². The van der Waals surface area contributed by atoms with E-state index in [1.54, 1.807) is 0 Å². The zero-order valence-corrected chi connectivity index (χ0v) is 31.2. The van der Waals surface area contributed by atoms with E-state index in [1.807, 2.05) is 0 Å². The molecule has 0 aromatic heterocycles. The van der Waals surface area contributed by atoms with Crippen molar-refractivity contribution in [2.24, 2.45) is 0 Å². The lowest BCUT2D eigenvalue weighted by Gasteiger charge is -2.49. The van der Waals surface area contributed by atoms with Gasteiger partial charge in [-0.25, -0.2) is 0 Å². The first kappa shape index (κ1) is 48.5. The molecular weight excluding hydrogens is 814 g/mol. The number of amides is 1. The average Bonchev–Trinajstić information content (AvgIpc) is 3.21. The van der Waals surface area contributed by atoms with Crippen LogP contribution in [0.25, 0.3) is 0 Å². The van der Waals surface area contributed by atoms with E-state index in [-0.39, 0.29) is 0 Å². The molecule has 0 bridgehead atoms. The van der Waals surface area contributed by atoms with Crippen LogP contribution in [0.1, 0.15) is 6.92 Å². The molecule has 5 rings (SSSR count). The van der Waals surface area contributed by atoms with Crippen LogP contribution in [-0.2, 0) is 47.4 Å². The Morgan fingerprint density at radius 2 is 0.864 bits per heavy atom. The highest BCUT2D eigenvalue weighted by atomic mass is 16.8. The Balaban J connectivity index is 1.39. The van der Waals surface area contributed by atoms with Gasteiger partial charge in [-0.15, -0.1) is 0 Å². The van der Waals surface area contributed by atoms with Crippen LogP contribution in [0.2, 0.25) is 0 Å². The summed E-state index contributed by atoms with van der Waals surface area (Å²) in [5.41, 5.74) is 0. The standard InChI is InChI=1S/C32H55NO26/c1-7(38)33-13-17(42)26(58-32-22(47)19(44)15(40)9(3-35)54-32)12(56-29(13)59-27-16(41)10(4-36)52-28(50)24(27)49)6-51-30-23(48)20(45)25(11(5-37)55-30)57-31-21(46)18(43)14(39)8(2-34)53-31/h8-32,34-37,39-50H,2-6H2,1H3,(H,33,38)/t8-,9-,10-,11-,12-,13-,14+,15+,16+,17-,18+,19+,20-,21-,22-,23-,24-,25-,26-,27+,28-,29+,30-,31+,32+/m1/s1. The Morgan fingerprint density at radius 3 is 1.36 bits per heavy atom. The lowest BCUT2D eigenvalue weighted by Crippen LogP contribution is -2.69. The first-order valence-electron chi connectivity index (χ1n) is 18.6. The molecule has 0 spiro atoms. The van der Waals surface area contributed by atoms with Gasteiger partial charge in [0.15, 0.2) is 31.5 Å². The Bertz CT molecular complexity index is 1320. The Labute approximate surface area is 333 Å². The second-order valence-electron chi connectivity index (χ2n) is 14.7. The number of ether oxygens (including phenoxy) is 9. The van der Waals surface area contributed by atoms with Crippen LogP contribution in [0, 0.1) is 0 Å². The van der Waals surface area contributed by atoms with Gasteiger partial charge in [-0.2, -0.15) is 0 Å². The van der Waals surface area contributed by atoms with E-state index in [0.29, 0.717) is 0 Å². The van der Waals surface area contributed by atoms with Gasteiger partial charge in [-0.3, -0.25) is 4.79 Å². The molecule has 0 radical (unpaired) electrons. The quantitative estimate of drug-likeness (QED) is 0.0770. The number of aliphatic hydroxyl groups excluding tert-OH is 16. The number of rotatable bonds is 14. The first-order chi connectivity index (χ1) is 27.9. The van der Waals surface area contributed by atoms with Crippen LogP contribution in [0.4, 0.5) is 0 Å². The van der Waals surface area contributed by atoms with Crippen molar-refractivity contribution in [1.82, 2.24) is 5.32 Å². The summed E-state index contributed by atoms with van der Waals surface area (Å²) in [4.78, 5) is 12.4. The van der Waals surface area contributed by atoms with Crippen LogP contribution in [-0.4, -0.2) is 274 Å². The summed E-state index contributed by atoms with van der Waals surface area (Å²) in [6.07, 6.45) is -44.2. The molecule has 59 heavy (non-hydrogen) atoms. The molecule has 0 saturated carbocycles. The molecule has 0 aromatic rings. The van der Waals surface area contributed by atoms with Crippen molar-refractivity contribution in [3.63, 3.8) is 0 Å². The number of carbonyl (C=O) groups is 1. The minimum atomic E-state index is -2.07. The highest BCUT2D eigenvalue weighted by Gasteiger charge is 2.56. The van der Waals surface area contributed by atoms with E-state index in [9.17, 15) is 86.5 Å². The van der Waals surface area contributed by atoms with Gasteiger partial charge in [0.1, 0.15) is 122 Å². The van der Waals surface area contributed by atoms with Crippen molar-refractivity contribution in [3.05, 3.63) is 0 Å².